The standard InChI is InChI=1S/C36H56O9S/c1-5-11-26(7-3)17-19-42-22-28(37)24-44-35-31-13-9-10-14-32(31)36(34-21-30(46(39,40)41)15-16-33(34)35)45-25-29(38)23-43-20-18-27(8-4)12-6-2/h9-10,13-15,26-29,37-38H,5-8,11-12,16-25H2,1-4H3,(H,39,40,41). The average molecular weight is 665 g/mol. The Morgan fingerprint density at radius 1 is 0.717 bits per heavy atom. The first-order chi connectivity index (χ1) is 22.1. The quantitative estimate of drug-likeness (QED) is 0.0882. The van der Waals surface area contributed by atoms with Crippen LogP contribution in [0.25, 0.3) is 10.8 Å². The molecule has 0 spiro atoms. The molecule has 0 amide bonds. The van der Waals surface area contributed by atoms with Crippen molar-refractivity contribution in [2.24, 2.45) is 11.8 Å². The van der Waals surface area contributed by atoms with Gasteiger partial charge in [0.2, 0.25) is 0 Å². The second kappa shape index (κ2) is 19.6. The zero-order valence-electron chi connectivity index (χ0n) is 28.2. The summed E-state index contributed by atoms with van der Waals surface area (Å²) in [6.45, 7) is 10.1. The zero-order valence-corrected chi connectivity index (χ0v) is 29.0. The summed E-state index contributed by atoms with van der Waals surface area (Å²) in [6.07, 6.45) is 8.57. The minimum absolute atomic E-state index is 0.00906. The fourth-order valence-corrected chi connectivity index (χ4v) is 6.81. The third-order valence-corrected chi connectivity index (χ3v) is 9.87. The molecule has 0 aliphatic heterocycles. The molecule has 2 aromatic rings. The molecule has 0 aromatic heterocycles. The van der Waals surface area contributed by atoms with E-state index >= 15 is 0 Å². The van der Waals surface area contributed by atoms with Gasteiger partial charge in [0.25, 0.3) is 10.1 Å². The van der Waals surface area contributed by atoms with Gasteiger partial charge in [0.15, 0.2) is 0 Å². The molecular weight excluding hydrogens is 608 g/mol. The Morgan fingerprint density at radius 2 is 1.20 bits per heavy atom. The van der Waals surface area contributed by atoms with Gasteiger partial charge in [0.05, 0.1) is 18.1 Å². The van der Waals surface area contributed by atoms with Crippen LogP contribution in [0.2, 0.25) is 0 Å². The van der Waals surface area contributed by atoms with Gasteiger partial charge in [0, 0.05) is 41.5 Å². The van der Waals surface area contributed by atoms with E-state index < -0.39 is 22.3 Å². The normalized spacial score (nSPS) is 16.0. The van der Waals surface area contributed by atoms with Crippen LogP contribution in [-0.4, -0.2) is 75.0 Å². The minimum Gasteiger partial charge on any atom is -0.490 e. The molecule has 1 aliphatic carbocycles. The van der Waals surface area contributed by atoms with Gasteiger partial charge in [-0.05, 0) is 31.1 Å². The molecule has 46 heavy (non-hydrogen) atoms. The van der Waals surface area contributed by atoms with Crippen LogP contribution in [0, 0.1) is 11.8 Å². The minimum atomic E-state index is -4.42. The summed E-state index contributed by atoms with van der Waals surface area (Å²) in [5, 5.41) is 22.8. The number of hydrogen-bond acceptors (Lipinski definition) is 8. The summed E-state index contributed by atoms with van der Waals surface area (Å²) in [5.74, 6) is 2.19. The predicted octanol–water partition coefficient (Wildman–Crippen LogP) is 6.66. The summed E-state index contributed by atoms with van der Waals surface area (Å²) < 4.78 is 58.1. The number of hydrogen-bond donors (Lipinski definition) is 3. The van der Waals surface area contributed by atoms with E-state index in [1.54, 1.807) is 0 Å². The Hall–Kier alpha value is -2.21. The van der Waals surface area contributed by atoms with Crippen LogP contribution in [0.4, 0.5) is 0 Å². The fraction of sp³-hybridized carbons (Fsp3) is 0.667. The molecule has 0 saturated carbocycles. The van der Waals surface area contributed by atoms with Crippen LogP contribution in [0.5, 0.6) is 11.5 Å². The number of aliphatic hydroxyl groups excluding tert-OH is 2. The molecule has 4 atom stereocenters. The highest BCUT2D eigenvalue weighted by molar-refractivity contribution is 7.89. The topological polar surface area (TPSA) is 132 Å². The Bertz CT molecular complexity index is 1340. The molecule has 3 rings (SSSR count). The van der Waals surface area contributed by atoms with Gasteiger partial charge in [-0.3, -0.25) is 4.55 Å². The SMILES string of the molecule is CCCC(CC)CCOCC(O)COc1c2c(c(OCC(O)COCCC(CC)CCC)c3ccccc13)CC(S(=O)(=O)O)=CC2. The second-order valence-corrected chi connectivity index (χ2v) is 13.9. The van der Waals surface area contributed by atoms with Crippen molar-refractivity contribution >= 4 is 20.9 Å². The number of benzene rings is 2. The lowest BCUT2D eigenvalue weighted by Crippen LogP contribution is -2.26. The van der Waals surface area contributed by atoms with Gasteiger partial charge < -0.3 is 29.2 Å². The van der Waals surface area contributed by atoms with Gasteiger partial charge in [-0.1, -0.05) is 96.6 Å². The number of allylic oxidation sites excluding steroid dienone is 2. The second-order valence-electron chi connectivity index (χ2n) is 12.5. The molecule has 4 unspecified atom stereocenters. The van der Waals surface area contributed by atoms with Gasteiger partial charge in [-0.25, -0.2) is 0 Å². The van der Waals surface area contributed by atoms with Crippen molar-refractivity contribution in [1.82, 2.24) is 0 Å². The van der Waals surface area contributed by atoms with Crippen LogP contribution in [0.15, 0.2) is 35.2 Å². The molecule has 0 heterocycles. The summed E-state index contributed by atoms with van der Waals surface area (Å²) in [7, 11) is -4.42. The Balaban J connectivity index is 1.75. The first kappa shape index (κ1) is 38.2. The van der Waals surface area contributed by atoms with Crippen molar-refractivity contribution in [3.8, 4) is 11.5 Å². The molecule has 0 bridgehead atoms. The molecule has 0 radical (unpaired) electrons. The van der Waals surface area contributed by atoms with Gasteiger partial charge in [-0.2, -0.15) is 8.42 Å². The van der Waals surface area contributed by atoms with E-state index in [4.69, 9.17) is 18.9 Å². The van der Waals surface area contributed by atoms with E-state index in [0.717, 1.165) is 50.3 Å². The van der Waals surface area contributed by atoms with Crippen molar-refractivity contribution in [3.05, 3.63) is 46.4 Å². The molecule has 2 aromatic carbocycles. The van der Waals surface area contributed by atoms with Gasteiger partial charge in [0.1, 0.15) is 36.9 Å². The number of aliphatic hydroxyl groups is 2. The predicted molar refractivity (Wildman–Crippen MR) is 182 cm³/mol. The Morgan fingerprint density at radius 3 is 1.63 bits per heavy atom. The molecule has 10 heteroatoms. The van der Waals surface area contributed by atoms with Gasteiger partial charge >= 0.3 is 0 Å². The number of rotatable bonds is 23. The smallest absolute Gasteiger partial charge is 0.290 e. The first-order valence-corrected chi connectivity index (χ1v) is 18.6. The van der Waals surface area contributed by atoms with E-state index in [1.807, 2.05) is 24.3 Å². The van der Waals surface area contributed by atoms with Crippen LogP contribution in [-0.2, 0) is 32.4 Å². The van der Waals surface area contributed by atoms with Crippen molar-refractivity contribution in [1.29, 1.82) is 0 Å². The van der Waals surface area contributed by atoms with E-state index in [9.17, 15) is 23.2 Å². The summed E-state index contributed by atoms with van der Waals surface area (Å²) in [4.78, 5) is -0.116. The first-order valence-electron chi connectivity index (χ1n) is 17.1. The Labute approximate surface area is 276 Å². The molecular formula is C36H56O9S. The van der Waals surface area contributed by atoms with E-state index in [1.165, 1.54) is 12.5 Å². The molecule has 9 nitrogen and oxygen atoms in total. The van der Waals surface area contributed by atoms with E-state index in [0.29, 0.717) is 53.1 Å². The summed E-state index contributed by atoms with van der Waals surface area (Å²) in [6, 6.07) is 7.46. The van der Waals surface area contributed by atoms with E-state index in [-0.39, 0.29) is 44.2 Å². The molecule has 260 valence electrons. The Kier molecular flexibility index (Phi) is 16.3. The number of ether oxygens (including phenoxy) is 4. The van der Waals surface area contributed by atoms with Gasteiger partial charge in [-0.15, -0.1) is 0 Å². The van der Waals surface area contributed by atoms with Crippen molar-refractivity contribution in [2.75, 3.05) is 39.6 Å². The van der Waals surface area contributed by atoms with Crippen LogP contribution < -0.4 is 9.47 Å². The van der Waals surface area contributed by atoms with Crippen LogP contribution in [0.1, 0.15) is 90.2 Å². The van der Waals surface area contributed by atoms with Crippen LogP contribution >= 0.6 is 0 Å². The zero-order chi connectivity index (χ0) is 33.5. The largest absolute Gasteiger partial charge is 0.490 e. The summed E-state index contributed by atoms with van der Waals surface area (Å²) >= 11 is 0. The van der Waals surface area contributed by atoms with Crippen molar-refractivity contribution < 1.29 is 42.1 Å². The monoisotopic (exact) mass is 664 g/mol. The highest BCUT2D eigenvalue weighted by atomic mass is 32.2. The van der Waals surface area contributed by atoms with Crippen molar-refractivity contribution in [2.45, 2.75) is 104 Å². The lowest BCUT2D eigenvalue weighted by molar-refractivity contribution is 0.00740. The average Bonchev–Trinajstić information content (AvgIpc) is 3.04. The fourth-order valence-electron chi connectivity index (χ4n) is 6.19. The van der Waals surface area contributed by atoms with E-state index in [2.05, 4.69) is 27.7 Å². The third kappa shape index (κ3) is 11.5. The summed E-state index contributed by atoms with van der Waals surface area (Å²) in [5.41, 5.74) is 1.28. The molecule has 3 N–H and O–H groups in total. The third-order valence-electron chi connectivity index (χ3n) is 8.89. The lowest BCUT2D eigenvalue weighted by atomic mass is 9.90. The molecule has 0 fully saturated rings. The maximum Gasteiger partial charge on any atom is 0.290 e. The highest BCUT2D eigenvalue weighted by Gasteiger charge is 2.29. The molecule has 0 saturated heterocycles. The highest BCUT2D eigenvalue weighted by Crippen LogP contribution is 2.44. The van der Waals surface area contributed by atoms with Crippen molar-refractivity contribution in [3.63, 3.8) is 0 Å². The van der Waals surface area contributed by atoms with Crippen LogP contribution in [0.3, 0.4) is 0 Å². The maximum atomic E-state index is 12.1. The maximum absolute atomic E-state index is 12.1. The lowest BCUT2D eigenvalue weighted by Gasteiger charge is -2.26. The molecule has 1 aliphatic rings. The number of fused-ring (bicyclic) bond motifs is 2.